The van der Waals surface area contributed by atoms with Gasteiger partial charge in [0.05, 0.1) is 28.9 Å². The summed E-state index contributed by atoms with van der Waals surface area (Å²) >= 11 is 11.7. The summed E-state index contributed by atoms with van der Waals surface area (Å²) < 4.78 is 9.99. The fourth-order valence-corrected chi connectivity index (χ4v) is 1.67. The lowest BCUT2D eigenvalue weighted by atomic mass is 10.2. The van der Waals surface area contributed by atoms with Gasteiger partial charge in [-0.1, -0.05) is 23.2 Å². The number of benzene rings is 1. The Kier molecular flexibility index (Phi) is 3.23. The summed E-state index contributed by atoms with van der Waals surface area (Å²) in [7, 11) is 0. The third-order valence-electron chi connectivity index (χ3n) is 2.23. The van der Waals surface area contributed by atoms with Gasteiger partial charge in [-0.15, -0.1) is 0 Å². The average molecular weight is 262 g/mol. The molecule has 2 rings (SSSR count). The largest absolute Gasteiger partial charge is 0.454 e. The molecule has 6 heteroatoms. The van der Waals surface area contributed by atoms with Crippen molar-refractivity contribution in [1.82, 2.24) is 0 Å². The third-order valence-corrected chi connectivity index (χ3v) is 2.87. The van der Waals surface area contributed by atoms with Gasteiger partial charge in [0.25, 0.3) is 0 Å². The number of hydrogen-bond acceptors (Lipinski definition) is 4. The molecule has 0 bridgehead atoms. The number of halogens is 2. The fourth-order valence-electron chi connectivity index (χ4n) is 1.27. The smallest absolute Gasteiger partial charge is 0.342 e. The molecule has 0 radical (unpaired) electrons. The molecule has 16 heavy (non-hydrogen) atoms. The molecular formula is C10H9Cl2NO3. The van der Waals surface area contributed by atoms with E-state index in [1.807, 2.05) is 0 Å². The summed E-state index contributed by atoms with van der Waals surface area (Å²) in [5.74, 6) is -0.571. The van der Waals surface area contributed by atoms with Crippen LogP contribution in [0.2, 0.25) is 10.0 Å². The van der Waals surface area contributed by atoms with Crippen molar-refractivity contribution in [3.8, 4) is 0 Å². The van der Waals surface area contributed by atoms with Crippen LogP contribution in [0.5, 0.6) is 0 Å². The second kappa shape index (κ2) is 4.49. The summed E-state index contributed by atoms with van der Waals surface area (Å²) in [6.45, 7) is 0.813. The number of esters is 1. The number of hydrogen-bond donors (Lipinski definition) is 1. The molecule has 1 aromatic rings. The van der Waals surface area contributed by atoms with E-state index in [0.29, 0.717) is 13.2 Å². The van der Waals surface area contributed by atoms with Gasteiger partial charge < -0.3 is 15.2 Å². The summed E-state index contributed by atoms with van der Waals surface area (Å²) in [6.07, 6.45) is -0.220. The summed E-state index contributed by atoms with van der Waals surface area (Å²) in [4.78, 5) is 11.7. The number of nitrogens with two attached hydrogens (primary N) is 1. The molecule has 1 fully saturated rings. The fraction of sp³-hybridized carbons (Fsp3) is 0.300. The van der Waals surface area contributed by atoms with E-state index in [0.717, 1.165) is 0 Å². The van der Waals surface area contributed by atoms with Crippen LogP contribution in [0.4, 0.5) is 5.69 Å². The van der Waals surface area contributed by atoms with Crippen molar-refractivity contribution in [2.45, 2.75) is 6.10 Å². The Labute approximate surface area is 102 Å². The van der Waals surface area contributed by atoms with Crippen molar-refractivity contribution in [3.05, 3.63) is 27.7 Å². The predicted molar refractivity (Wildman–Crippen MR) is 60.9 cm³/mol. The number of carbonyl (C=O) groups excluding carboxylic acids is 1. The molecule has 0 unspecified atom stereocenters. The SMILES string of the molecule is Nc1c(Cl)ccc(Cl)c1C(=O)OC1COC1. The molecular weight excluding hydrogens is 253 g/mol. The molecule has 4 nitrogen and oxygen atoms in total. The van der Waals surface area contributed by atoms with Crippen molar-refractivity contribution < 1.29 is 14.3 Å². The lowest BCUT2D eigenvalue weighted by molar-refractivity contribution is -0.103. The van der Waals surface area contributed by atoms with Crippen LogP contribution in [0.25, 0.3) is 0 Å². The van der Waals surface area contributed by atoms with E-state index in [9.17, 15) is 4.79 Å². The topological polar surface area (TPSA) is 61.6 Å². The maximum atomic E-state index is 11.7. The lowest BCUT2D eigenvalue weighted by Crippen LogP contribution is -2.38. The van der Waals surface area contributed by atoms with Gasteiger partial charge in [-0.2, -0.15) is 0 Å². The molecule has 1 aliphatic heterocycles. The number of rotatable bonds is 2. The van der Waals surface area contributed by atoms with E-state index in [1.165, 1.54) is 12.1 Å². The third kappa shape index (κ3) is 2.09. The first-order valence-corrected chi connectivity index (χ1v) is 5.37. The molecule has 2 N–H and O–H groups in total. The minimum absolute atomic E-state index is 0.112. The Morgan fingerprint density at radius 2 is 2.00 bits per heavy atom. The Balaban J connectivity index is 2.24. The monoisotopic (exact) mass is 261 g/mol. The molecule has 1 aliphatic rings. The summed E-state index contributed by atoms with van der Waals surface area (Å²) in [6, 6.07) is 3.04. The van der Waals surface area contributed by atoms with E-state index < -0.39 is 5.97 Å². The number of ether oxygens (including phenoxy) is 2. The van der Waals surface area contributed by atoms with Gasteiger partial charge in [-0.25, -0.2) is 4.79 Å². The molecule has 0 aliphatic carbocycles. The molecule has 0 atom stereocenters. The van der Waals surface area contributed by atoms with Gasteiger partial charge in [0.1, 0.15) is 11.7 Å². The number of carbonyl (C=O) groups is 1. The van der Waals surface area contributed by atoms with Crippen LogP contribution in [-0.4, -0.2) is 25.3 Å². The highest BCUT2D eigenvalue weighted by Crippen LogP contribution is 2.30. The van der Waals surface area contributed by atoms with E-state index in [2.05, 4.69) is 0 Å². The van der Waals surface area contributed by atoms with Crippen molar-refractivity contribution in [2.75, 3.05) is 18.9 Å². The van der Waals surface area contributed by atoms with E-state index in [4.69, 9.17) is 38.4 Å². The van der Waals surface area contributed by atoms with Crippen molar-refractivity contribution in [1.29, 1.82) is 0 Å². The predicted octanol–water partition coefficient (Wildman–Crippen LogP) is 2.13. The Morgan fingerprint density at radius 3 is 2.56 bits per heavy atom. The maximum absolute atomic E-state index is 11.7. The molecule has 0 aromatic heterocycles. The van der Waals surface area contributed by atoms with Crippen molar-refractivity contribution >= 4 is 34.9 Å². The highest BCUT2D eigenvalue weighted by molar-refractivity contribution is 6.38. The van der Waals surface area contributed by atoms with Crippen LogP contribution in [0.3, 0.4) is 0 Å². The number of nitrogen functional groups attached to an aromatic ring is 1. The second-order valence-corrected chi connectivity index (χ2v) is 4.20. The van der Waals surface area contributed by atoms with Crippen LogP contribution in [0.1, 0.15) is 10.4 Å². The maximum Gasteiger partial charge on any atom is 0.342 e. The first-order valence-electron chi connectivity index (χ1n) is 4.62. The highest BCUT2D eigenvalue weighted by Gasteiger charge is 2.26. The zero-order chi connectivity index (χ0) is 11.7. The second-order valence-electron chi connectivity index (χ2n) is 3.38. The molecule has 1 heterocycles. The lowest BCUT2D eigenvalue weighted by Gasteiger charge is -2.26. The van der Waals surface area contributed by atoms with Crippen molar-refractivity contribution in [2.24, 2.45) is 0 Å². The van der Waals surface area contributed by atoms with Crippen LogP contribution < -0.4 is 5.73 Å². The van der Waals surface area contributed by atoms with E-state index >= 15 is 0 Å². The highest BCUT2D eigenvalue weighted by atomic mass is 35.5. The van der Waals surface area contributed by atoms with Crippen molar-refractivity contribution in [3.63, 3.8) is 0 Å². The molecule has 0 amide bonds. The quantitative estimate of drug-likeness (QED) is 0.655. The molecule has 86 valence electrons. The Bertz CT molecular complexity index is 432. The van der Waals surface area contributed by atoms with Gasteiger partial charge in [-0.3, -0.25) is 0 Å². The van der Waals surface area contributed by atoms with Crippen LogP contribution in [0.15, 0.2) is 12.1 Å². The standard InChI is InChI=1S/C10H9Cl2NO3/c11-6-1-2-7(12)9(13)8(6)10(14)16-5-3-15-4-5/h1-2,5H,3-4,13H2. The average Bonchev–Trinajstić information content (AvgIpc) is 2.18. The van der Waals surface area contributed by atoms with E-state index in [-0.39, 0.29) is 27.4 Å². The minimum Gasteiger partial charge on any atom is -0.454 e. The van der Waals surface area contributed by atoms with Gasteiger partial charge in [0.15, 0.2) is 0 Å². The first-order chi connectivity index (χ1) is 7.59. The molecule has 1 aromatic carbocycles. The Morgan fingerprint density at radius 1 is 1.38 bits per heavy atom. The van der Waals surface area contributed by atoms with Gasteiger partial charge in [-0.05, 0) is 12.1 Å². The van der Waals surface area contributed by atoms with E-state index in [1.54, 1.807) is 0 Å². The molecule has 0 spiro atoms. The minimum atomic E-state index is -0.571. The van der Waals surface area contributed by atoms with Gasteiger partial charge in [0, 0.05) is 0 Å². The Hall–Kier alpha value is -0.970. The molecule has 0 saturated carbocycles. The van der Waals surface area contributed by atoms with Crippen LogP contribution >= 0.6 is 23.2 Å². The summed E-state index contributed by atoms with van der Waals surface area (Å²) in [5, 5.41) is 0.508. The first kappa shape index (κ1) is 11.5. The normalized spacial score (nSPS) is 15.6. The molecule has 1 saturated heterocycles. The van der Waals surface area contributed by atoms with Gasteiger partial charge >= 0.3 is 5.97 Å². The van der Waals surface area contributed by atoms with Crippen LogP contribution in [0, 0.1) is 0 Å². The van der Waals surface area contributed by atoms with Gasteiger partial charge in [0.2, 0.25) is 0 Å². The summed E-state index contributed by atoms with van der Waals surface area (Å²) in [5.41, 5.74) is 5.92. The zero-order valence-corrected chi connectivity index (χ0v) is 9.72. The number of anilines is 1. The van der Waals surface area contributed by atoms with Crippen LogP contribution in [-0.2, 0) is 9.47 Å². The zero-order valence-electron chi connectivity index (χ0n) is 8.20.